The predicted molar refractivity (Wildman–Crippen MR) is 69.3 cm³/mol. The Kier molecular flexibility index (Phi) is 3.73. The van der Waals surface area contributed by atoms with Crippen LogP contribution in [0.2, 0.25) is 5.02 Å². The monoisotopic (exact) mass is 328 g/mol. The SMILES string of the molecule is Cc1nccc(C(=O)c2ccc(Br)c(Cl)c2F)n1. The van der Waals surface area contributed by atoms with Crippen LogP contribution in [0.4, 0.5) is 4.39 Å². The van der Waals surface area contributed by atoms with E-state index in [0.717, 1.165) is 0 Å². The standard InChI is InChI=1S/C12H7BrClFN2O/c1-6-16-5-4-9(17-6)12(18)7-2-3-8(13)10(14)11(7)15/h2-5H,1H3. The summed E-state index contributed by atoms with van der Waals surface area (Å²) in [7, 11) is 0. The lowest BCUT2D eigenvalue weighted by Gasteiger charge is -2.05. The Morgan fingerprint density at radius 3 is 2.78 bits per heavy atom. The van der Waals surface area contributed by atoms with Gasteiger partial charge >= 0.3 is 0 Å². The molecular formula is C12H7BrClFN2O. The summed E-state index contributed by atoms with van der Waals surface area (Å²) < 4.78 is 14.3. The summed E-state index contributed by atoms with van der Waals surface area (Å²) in [6, 6.07) is 4.32. The van der Waals surface area contributed by atoms with Gasteiger partial charge in [-0.25, -0.2) is 14.4 Å². The van der Waals surface area contributed by atoms with Gasteiger partial charge in [0.2, 0.25) is 5.78 Å². The van der Waals surface area contributed by atoms with Crippen molar-refractivity contribution in [3.05, 3.63) is 56.8 Å². The molecule has 0 fully saturated rings. The number of benzene rings is 1. The van der Waals surface area contributed by atoms with Gasteiger partial charge in [-0.05, 0) is 41.1 Å². The maximum absolute atomic E-state index is 13.9. The second-order valence-corrected chi connectivity index (χ2v) is 4.77. The first-order valence-corrected chi connectivity index (χ1v) is 6.15. The minimum absolute atomic E-state index is 0.110. The Labute approximate surface area is 116 Å². The number of ketones is 1. The molecule has 92 valence electrons. The average Bonchev–Trinajstić information content (AvgIpc) is 2.35. The highest BCUT2D eigenvalue weighted by Gasteiger charge is 2.19. The van der Waals surface area contributed by atoms with Gasteiger partial charge in [0.25, 0.3) is 0 Å². The van der Waals surface area contributed by atoms with Crippen LogP contribution in [0.15, 0.2) is 28.9 Å². The molecule has 0 bridgehead atoms. The molecule has 0 radical (unpaired) electrons. The van der Waals surface area contributed by atoms with Gasteiger partial charge in [0.15, 0.2) is 5.82 Å². The highest BCUT2D eigenvalue weighted by molar-refractivity contribution is 9.10. The quantitative estimate of drug-likeness (QED) is 0.625. The predicted octanol–water partition coefficient (Wildman–Crippen LogP) is 3.57. The molecule has 0 N–H and O–H groups in total. The summed E-state index contributed by atoms with van der Waals surface area (Å²) in [5.41, 5.74) is 0.0288. The van der Waals surface area contributed by atoms with Crippen LogP contribution in [0.25, 0.3) is 0 Å². The summed E-state index contributed by atoms with van der Waals surface area (Å²) in [6.07, 6.45) is 1.45. The van der Waals surface area contributed by atoms with Crippen molar-refractivity contribution < 1.29 is 9.18 Å². The molecule has 6 heteroatoms. The van der Waals surface area contributed by atoms with Crippen LogP contribution in [0, 0.1) is 12.7 Å². The number of aromatic nitrogens is 2. The smallest absolute Gasteiger partial charge is 0.214 e. The first-order valence-electron chi connectivity index (χ1n) is 4.98. The molecule has 3 nitrogen and oxygen atoms in total. The fourth-order valence-electron chi connectivity index (χ4n) is 1.42. The topological polar surface area (TPSA) is 42.9 Å². The van der Waals surface area contributed by atoms with Crippen LogP contribution < -0.4 is 0 Å². The third-order valence-corrected chi connectivity index (χ3v) is 3.55. The van der Waals surface area contributed by atoms with E-state index in [1.807, 2.05) is 0 Å². The molecule has 0 amide bonds. The second-order valence-electron chi connectivity index (χ2n) is 3.54. The second kappa shape index (κ2) is 5.12. The number of nitrogens with zero attached hydrogens (tertiary/aromatic N) is 2. The van der Waals surface area contributed by atoms with Crippen molar-refractivity contribution in [2.75, 3.05) is 0 Å². The minimum atomic E-state index is -0.757. The number of carbonyl (C=O) groups is 1. The van der Waals surface area contributed by atoms with Gasteiger partial charge in [0.05, 0.1) is 10.6 Å². The Hall–Kier alpha value is -1.33. The summed E-state index contributed by atoms with van der Waals surface area (Å²) in [6.45, 7) is 1.65. The maximum Gasteiger partial charge on any atom is 0.214 e. The van der Waals surface area contributed by atoms with Crippen LogP contribution in [0.1, 0.15) is 21.9 Å². The summed E-state index contributed by atoms with van der Waals surface area (Å²) in [5.74, 6) is -0.829. The van der Waals surface area contributed by atoms with Gasteiger partial charge < -0.3 is 0 Å². The molecule has 1 heterocycles. The first kappa shape index (κ1) is 13.1. The zero-order valence-electron chi connectivity index (χ0n) is 9.25. The molecule has 18 heavy (non-hydrogen) atoms. The lowest BCUT2D eigenvalue weighted by atomic mass is 10.1. The van der Waals surface area contributed by atoms with E-state index in [-0.39, 0.29) is 16.3 Å². The molecule has 1 aromatic heterocycles. The van der Waals surface area contributed by atoms with E-state index in [4.69, 9.17) is 11.6 Å². The number of carbonyl (C=O) groups excluding carboxylic acids is 1. The summed E-state index contributed by atoms with van der Waals surface area (Å²) >= 11 is 8.83. The fourth-order valence-corrected chi connectivity index (χ4v) is 1.89. The first-order chi connectivity index (χ1) is 8.50. The van der Waals surface area contributed by atoms with E-state index in [2.05, 4.69) is 25.9 Å². The van der Waals surface area contributed by atoms with Crippen LogP contribution in [0.5, 0.6) is 0 Å². The molecule has 2 aromatic rings. The lowest BCUT2D eigenvalue weighted by Crippen LogP contribution is -2.08. The van der Waals surface area contributed by atoms with Gasteiger partial charge in [-0.2, -0.15) is 0 Å². The van der Waals surface area contributed by atoms with Crippen LogP contribution in [-0.4, -0.2) is 15.8 Å². The van der Waals surface area contributed by atoms with Crippen molar-refractivity contribution in [3.63, 3.8) is 0 Å². The number of hydrogen-bond acceptors (Lipinski definition) is 3. The molecule has 1 aromatic carbocycles. The van der Waals surface area contributed by atoms with E-state index in [0.29, 0.717) is 10.3 Å². The molecule has 0 aliphatic heterocycles. The van der Waals surface area contributed by atoms with E-state index in [9.17, 15) is 9.18 Å². The zero-order valence-corrected chi connectivity index (χ0v) is 11.6. The molecule has 0 unspecified atom stereocenters. The third-order valence-electron chi connectivity index (χ3n) is 2.29. The highest BCUT2D eigenvalue weighted by Crippen LogP contribution is 2.28. The average molecular weight is 330 g/mol. The van der Waals surface area contributed by atoms with Crippen LogP contribution in [-0.2, 0) is 0 Å². The Morgan fingerprint density at radius 2 is 2.11 bits per heavy atom. The summed E-state index contributed by atoms with van der Waals surface area (Å²) in [4.78, 5) is 19.9. The normalized spacial score (nSPS) is 10.4. The molecule has 0 aliphatic rings. The van der Waals surface area contributed by atoms with E-state index < -0.39 is 11.6 Å². The van der Waals surface area contributed by atoms with Crippen molar-refractivity contribution in [2.45, 2.75) is 6.92 Å². The Balaban J connectivity index is 2.50. The molecule has 0 saturated heterocycles. The number of hydrogen-bond donors (Lipinski definition) is 0. The van der Waals surface area contributed by atoms with Gasteiger partial charge in [0.1, 0.15) is 11.5 Å². The van der Waals surface area contributed by atoms with Crippen molar-refractivity contribution in [1.82, 2.24) is 9.97 Å². The molecule has 0 spiro atoms. The molecule has 0 atom stereocenters. The highest BCUT2D eigenvalue weighted by atomic mass is 79.9. The van der Waals surface area contributed by atoms with Gasteiger partial charge in [-0.15, -0.1) is 0 Å². The number of aryl methyl sites for hydroxylation is 1. The molecule has 2 rings (SSSR count). The lowest BCUT2D eigenvalue weighted by molar-refractivity contribution is 0.103. The van der Waals surface area contributed by atoms with E-state index in [1.165, 1.54) is 24.4 Å². The van der Waals surface area contributed by atoms with Crippen molar-refractivity contribution >= 4 is 33.3 Å². The maximum atomic E-state index is 13.9. The zero-order chi connectivity index (χ0) is 13.3. The van der Waals surface area contributed by atoms with Crippen molar-refractivity contribution in [2.24, 2.45) is 0 Å². The molecular weight excluding hydrogens is 322 g/mol. The van der Waals surface area contributed by atoms with E-state index >= 15 is 0 Å². The Morgan fingerprint density at radius 1 is 1.39 bits per heavy atom. The third kappa shape index (κ3) is 2.42. The van der Waals surface area contributed by atoms with Gasteiger partial charge in [0, 0.05) is 10.7 Å². The summed E-state index contributed by atoms with van der Waals surface area (Å²) in [5, 5.41) is -0.119. The largest absolute Gasteiger partial charge is 0.287 e. The van der Waals surface area contributed by atoms with E-state index in [1.54, 1.807) is 6.92 Å². The number of rotatable bonds is 2. The van der Waals surface area contributed by atoms with Crippen LogP contribution >= 0.6 is 27.5 Å². The van der Waals surface area contributed by atoms with Crippen molar-refractivity contribution in [1.29, 1.82) is 0 Å². The molecule has 0 aliphatic carbocycles. The molecule has 0 saturated carbocycles. The fraction of sp³-hybridized carbons (Fsp3) is 0.0833. The minimum Gasteiger partial charge on any atom is -0.287 e. The Bertz CT molecular complexity index is 633. The number of halogens is 3. The van der Waals surface area contributed by atoms with Gasteiger partial charge in [-0.3, -0.25) is 4.79 Å². The van der Waals surface area contributed by atoms with Crippen LogP contribution in [0.3, 0.4) is 0 Å². The van der Waals surface area contributed by atoms with Crippen molar-refractivity contribution in [3.8, 4) is 0 Å². The van der Waals surface area contributed by atoms with Gasteiger partial charge in [-0.1, -0.05) is 11.6 Å².